The molecular formula is C22H20Cl2N4O5. The summed E-state index contributed by atoms with van der Waals surface area (Å²) in [6.07, 6.45) is 2.35. The maximum atomic E-state index is 12.6. The first kappa shape index (κ1) is 24.2. The molecule has 3 N–H and O–H groups in total. The smallest absolute Gasteiger partial charge is 0.305 e. The summed E-state index contributed by atoms with van der Waals surface area (Å²) in [6, 6.07) is 5.35. The summed E-state index contributed by atoms with van der Waals surface area (Å²) in [4.78, 5) is 53.5. The lowest BCUT2D eigenvalue weighted by molar-refractivity contribution is -0.137. The third-order valence-electron chi connectivity index (χ3n) is 5.11. The fourth-order valence-corrected chi connectivity index (χ4v) is 3.68. The molecule has 1 heterocycles. The van der Waals surface area contributed by atoms with Crippen LogP contribution in [0.3, 0.4) is 0 Å². The van der Waals surface area contributed by atoms with Crippen molar-refractivity contribution in [1.29, 1.82) is 0 Å². The number of anilines is 3. The third kappa shape index (κ3) is 5.15. The van der Waals surface area contributed by atoms with Gasteiger partial charge in [0.15, 0.2) is 0 Å². The molecule has 2 aromatic carbocycles. The summed E-state index contributed by atoms with van der Waals surface area (Å²) in [6.45, 7) is 2.32. The van der Waals surface area contributed by atoms with E-state index in [2.05, 4.69) is 15.6 Å². The Morgan fingerprint density at radius 3 is 2.21 bits per heavy atom. The first-order chi connectivity index (χ1) is 15.6. The molecule has 1 unspecified atom stereocenters. The van der Waals surface area contributed by atoms with Gasteiger partial charge >= 0.3 is 5.97 Å². The molecule has 33 heavy (non-hydrogen) atoms. The van der Waals surface area contributed by atoms with Crippen molar-refractivity contribution in [2.75, 3.05) is 29.1 Å². The van der Waals surface area contributed by atoms with E-state index in [1.54, 1.807) is 24.1 Å². The Kier molecular flexibility index (Phi) is 7.35. The van der Waals surface area contributed by atoms with E-state index in [0.717, 1.165) is 0 Å². The van der Waals surface area contributed by atoms with Crippen LogP contribution in [0.1, 0.15) is 35.3 Å². The molecule has 0 aliphatic heterocycles. The molecule has 9 nitrogen and oxygen atoms in total. The zero-order chi connectivity index (χ0) is 24.3. The molecule has 1 atom stereocenters. The minimum absolute atomic E-state index is 0.0828. The molecule has 3 aromatic rings. The summed E-state index contributed by atoms with van der Waals surface area (Å²) in [5.41, 5.74) is 0.0171. The number of benzene rings is 1. The molecule has 172 valence electrons. The van der Waals surface area contributed by atoms with Gasteiger partial charge < -0.3 is 20.6 Å². The van der Waals surface area contributed by atoms with Crippen LogP contribution in [0.15, 0.2) is 46.2 Å². The van der Waals surface area contributed by atoms with Crippen molar-refractivity contribution in [3.8, 4) is 0 Å². The minimum Gasteiger partial charge on any atom is -0.481 e. The van der Waals surface area contributed by atoms with Crippen molar-refractivity contribution in [1.82, 2.24) is 4.98 Å². The molecule has 11 heteroatoms. The Hall–Kier alpha value is -3.43. The monoisotopic (exact) mass is 490 g/mol. The van der Waals surface area contributed by atoms with Crippen LogP contribution in [0.2, 0.25) is 10.0 Å². The summed E-state index contributed by atoms with van der Waals surface area (Å²) in [7, 11) is 1.67. The molecule has 3 rings (SSSR count). The average Bonchev–Trinajstić information content (AvgIpc) is 2.79. The Balaban J connectivity index is 1.84. The van der Waals surface area contributed by atoms with Crippen LogP contribution in [-0.2, 0) is 4.79 Å². The molecule has 0 aliphatic rings. The van der Waals surface area contributed by atoms with Crippen molar-refractivity contribution in [3.63, 3.8) is 0 Å². The number of hydrogen-bond donors (Lipinski definition) is 3. The molecule has 0 fully saturated rings. The van der Waals surface area contributed by atoms with Gasteiger partial charge in [-0.15, -0.1) is 0 Å². The van der Waals surface area contributed by atoms with E-state index in [4.69, 9.17) is 23.2 Å². The van der Waals surface area contributed by atoms with Crippen LogP contribution >= 0.6 is 23.2 Å². The third-order valence-corrected chi connectivity index (χ3v) is 5.68. The van der Waals surface area contributed by atoms with E-state index < -0.39 is 28.8 Å². The standard InChI is InChI=1S/C22H20Cl2N4O5/c1-3-28(2)19-18(20(31)21(19)32)26-15(8-16(29)30)11-4-6-12(7-5-11)22(33)27-17-13(23)9-25-10-14(17)24/h4-7,9-10,15,26H,3,8H2,1-2H3,(H,29,30)(H,25,27,33). The topological polar surface area (TPSA) is 129 Å². The van der Waals surface area contributed by atoms with Crippen LogP contribution in [-0.4, -0.2) is 35.6 Å². The highest BCUT2D eigenvalue weighted by Crippen LogP contribution is 2.30. The normalized spacial score (nSPS) is 11.8. The fraction of sp³-hybridized carbons (Fsp3) is 0.227. The number of carboxylic acid groups (broad SMARTS) is 1. The van der Waals surface area contributed by atoms with Crippen molar-refractivity contribution < 1.29 is 14.7 Å². The van der Waals surface area contributed by atoms with E-state index in [-0.39, 0.29) is 39.1 Å². The number of rotatable bonds is 9. The van der Waals surface area contributed by atoms with Crippen LogP contribution in [0.25, 0.3) is 0 Å². The first-order valence-corrected chi connectivity index (χ1v) is 10.6. The van der Waals surface area contributed by atoms with Crippen molar-refractivity contribution in [2.24, 2.45) is 0 Å². The van der Waals surface area contributed by atoms with Gasteiger partial charge in [-0.1, -0.05) is 35.3 Å². The lowest BCUT2D eigenvalue weighted by atomic mass is 10.0. The van der Waals surface area contributed by atoms with E-state index in [9.17, 15) is 24.3 Å². The van der Waals surface area contributed by atoms with Gasteiger partial charge in [-0.3, -0.25) is 24.2 Å². The average molecular weight is 491 g/mol. The fourth-order valence-electron chi connectivity index (χ4n) is 3.22. The Labute approximate surface area is 198 Å². The van der Waals surface area contributed by atoms with Crippen LogP contribution < -0.4 is 26.4 Å². The predicted molar refractivity (Wildman–Crippen MR) is 128 cm³/mol. The number of halogens is 2. The van der Waals surface area contributed by atoms with E-state index in [1.807, 2.05) is 6.92 Å². The highest BCUT2D eigenvalue weighted by molar-refractivity contribution is 6.39. The number of aromatic nitrogens is 1. The van der Waals surface area contributed by atoms with Gasteiger partial charge in [0.05, 0.1) is 28.2 Å². The zero-order valence-electron chi connectivity index (χ0n) is 17.7. The highest BCUT2D eigenvalue weighted by atomic mass is 35.5. The largest absolute Gasteiger partial charge is 0.481 e. The predicted octanol–water partition coefficient (Wildman–Crippen LogP) is 3.32. The van der Waals surface area contributed by atoms with Crippen molar-refractivity contribution in [3.05, 3.63) is 78.3 Å². The number of aliphatic carboxylic acids is 1. The number of carbonyl (C=O) groups is 2. The van der Waals surface area contributed by atoms with Gasteiger partial charge in [0.2, 0.25) is 0 Å². The maximum absolute atomic E-state index is 12.6. The van der Waals surface area contributed by atoms with Crippen LogP contribution in [0.5, 0.6) is 0 Å². The van der Waals surface area contributed by atoms with Crippen molar-refractivity contribution >= 4 is 52.1 Å². The second kappa shape index (κ2) is 10.0. The number of carboxylic acids is 1. The number of pyridine rings is 1. The van der Waals surface area contributed by atoms with Crippen molar-refractivity contribution in [2.45, 2.75) is 19.4 Å². The Morgan fingerprint density at radius 2 is 1.67 bits per heavy atom. The van der Waals surface area contributed by atoms with Gasteiger partial charge in [0.1, 0.15) is 11.4 Å². The van der Waals surface area contributed by atoms with E-state index >= 15 is 0 Å². The quantitative estimate of drug-likeness (QED) is 0.389. The van der Waals surface area contributed by atoms with E-state index in [1.165, 1.54) is 24.5 Å². The summed E-state index contributed by atoms with van der Waals surface area (Å²) in [5, 5.41) is 15.2. The van der Waals surface area contributed by atoms with Crippen LogP contribution in [0.4, 0.5) is 17.1 Å². The molecule has 0 saturated carbocycles. The summed E-state index contributed by atoms with van der Waals surface area (Å²) in [5.74, 6) is -1.57. The molecule has 0 aliphatic carbocycles. The molecule has 0 radical (unpaired) electrons. The number of nitrogens with one attached hydrogen (secondary N) is 2. The lowest BCUT2D eigenvalue weighted by Crippen LogP contribution is -2.41. The second-order valence-corrected chi connectivity index (χ2v) is 8.06. The van der Waals surface area contributed by atoms with Gasteiger partial charge in [-0.05, 0) is 24.6 Å². The SMILES string of the molecule is CCN(C)c1c(NC(CC(=O)O)c2ccc(C(=O)Nc3c(Cl)cncc3Cl)cc2)c(=O)c1=O. The number of nitrogens with zero attached hydrogens (tertiary/aromatic N) is 2. The number of hydrogen-bond acceptors (Lipinski definition) is 7. The molecule has 0 saturated heterocycles. The highest BCUT2D eigenvalue weighted by Gasteiger charge is 2.27. The summed E-state index contributed by atoms with van der Waals surface area (Å²) >= 11 is 12.1. The van der Waals surface area contributed by atoms with Gasteiger partial charge in [0.25, 0.3) is 16.8 Å². The second-order valence-electron chi connectivity index (χ2n) is 7.25. The molecule has 1 amide bonds. The lowest BCUT2D eigenvalue weighted by Gasteiger charge is -2.25. The molecular weight excluding hydrogens is 471 g/mol. The van der Waals surface area contributed by atoms with E-state index in [0.29, 0.717) is 12.1 Å². The minimum atomic E-state index is -1.10. The maximum Gasteiger partial charge on any atom is 0.305 e. The molecule has 0 bridgehead atoms. The van der Waals surface area contributed by atoms with Crippen LogP contribution in [0, 0.1) is 0 Å². The van der Waals surface area contributed by atoms with Gasteiger partial charge in [-0.25, -0.2) is 0 Å². The number of carbonyl (C=O) groups excluding carboxylic acids is 1. The Bertz CT molecular complexity index is 1250. The molecule has 0 spiro atoms. The molecule has 1 aromatic heterocycles. The van der Waals surface area contributed by atoms with Gasteiger partial charge in [-0.2, -0.15) is 0 Å². The Morgan fingerprint density at radius 1 is 1.06 bits per heavy atom. The zero-order valence-corrected chi connectivity index (χ0v) is 19.2. The first-order valence-electron chi connectivity index (χ1n) is 9.87. The summed E-state index contributed by atoms with van der Waals surface area (Å²) < 4.78 is 0. The number of amides is 1. The van der Waals surface area contributed by atoms with Gasteiger partial charge in [0, 0.05) is 31.5 Å².